The molecule has 0 spiro atoms. The van der Waals surface area contributed by atoms with Crippen molar-refractivity contribution in [2.24, 2.45) is 0 Å². The molecule has 5 nitrogen and oxygen atoms in total. The molecule has 1 heterocycles. The summed E-state index contributed by atoms with van der Waals surface area (Å²) in [5.41, 5.74) is 0. The molecule has 0 aliphatic carbocycles. The molecule has 2 rings (SSSR count). The maximum Gasteiger partial charge on any atom is 0.263 e. The van der Waals surface area contributed by atoms with Crippen molar-refractivity contribution in [2.75, 3.05) is 19.6 Å². The first-order chi connectivity index (χ1) is 9.08. The minimum atomic E-state index is -0.675. The normalized spacial score (nSPS) is 16.7. The molecule has 102 valence electrons. The molecule has 1 aliphatic rings. The Bertz CT molecular complexity index is 493. The van der Waals surface area contributed by atoms with Crippen LogP contribution in [0.5, 0.6) is 5.75 Å². The van der Waals surface area contributed by atoms with Gasteiger partial charge < -0.3 is 15.0 Å². The highest BCUT2D eigenvalue weighted by molar-refractivity contribution is 6.32. The number of piperazine rings is 1. The number of hydrogen-bond acceptors (Lipinski definition) is 3. The van der Waals surface area contributed by atoms with Crippen LogP contribution < -0.4 is 10.1 Å². The molecule has 2 amide bonds. The van der Waals surface area contributed by atoms with Gasteiger partial charge in [0.25, 0.3) is 5.91 Å². The van der Waals surface area contributed by atoms with Crippen LogP contribution in [0.25, 0.3) is 0 Å². The second-order valence-electron chi connectivity index (χ2n) is 4.30. The number of amides is 2. The summed E-state index contributed by atoms with van der Waals surface area (Å²) in [5, 5.41) is 3.13. The molecule has 1 aromatic carbocycles. The number of carbonyl (C=O) groups excluding carboxylic acids is 2. The Morgan fingerprint density at radius 2 is 2.21 bits per heavy atom. The quantitative estimate of drug-likeness (QED) is 0.902. The van der Waals surface area contributed by atoms with Crippen molar-refractivity contribution >= 4 is 23.4 Å². The van der Waals surface area contributed by atoms with E-state index in [0.717, 1.165) is 0 Å². The first kappa shape index (κ1) is 13.7. The van der Waals surface area contributed by atoms with Crippen LogP contribution in [0.3, 0.4) is 0 Å². The number of para-hydroxylation sites is 1. The molecule has 0 radical (unpaired) electrons. The fraction of sp³-hybridized carbons (Fsp3) is 0.385. The van der Waals surface area contributed by atoms with Crippen LogP contribution in [-0.4, -0.2) is 42.5 Å². The van der Waals surface area contributed by atoms with Crippen LogP contribution in [0.15, 0.2) is 24.3 Å². The molecule has 6 heteroatoms. The van der Waals surface area contributed by atoms with Crippen molar-refractivity contribution < 1.29 is 14.3 Å². The van der Waals surface area contributed by atoms with E-state index >= 15 is 0 Å². The standard InChI is InChI=1S/C13H15ClN2O3/c1-9(19-11-5-3-2-4-10(11)14)13(18)16-7-6-15-12(17)8-16/h2-5,9H,6-8H2,1H3,(H,15,17)/t9-/m1/s1. The highest BCUT2D eigenvalue weighted by Gasteiger charge is 2.26. The SMILES string of the molecule is C[C@@H](Oc1ccccc1Cl)C(=O)N1CCNC(=O)C1. The van der Waals surface area contributed by atoms with Gasteiger partial charge in [0.1, 0.15) is 5.75 Å². The number of ether oxygens (including phenoxy) is 1. The van der Waals surface area contributed by atoms with Gasteiger partial charge in [-0.1, -0.05) is 23.7 Å². The molecule has 0 unspecified atom stereocenters. The summed E-state index contributed by atoms with van der Waals surface area (Å²) in [6.45, 7) is 2.71. The molecule has 1 aromatic rings. The highest BCUT2D eigenvalue weighted by atomic mass is 35.5. The third-order valence-corrected chi connectivity index (χ3v) is 3.15. The largest absolute Gasteiger partial charge is 0.479 e. The van der Waals surface area contributed by atoms with Gasteiger partial charge in [0.05, 0.1) is 11.6 Å². The predicted octanol–water partition coefficient (Wildman–Crippen LogP) is 1.07. The molecule has 1 fully saturated rings. The zero-order chi connectivity index (χ0) is 13.8. The summed E-state index contributed by atoms with van der Waals surface area (Å²) in [6, 6.07) is 6.97. The van der Waals surface area contributed by atoms with Crippen LogP contribution >= 0.6 is 11.6 Å². The summed E-state index contributed by atoms with van der Waals surface area (Å²) in [5.74, 6) is 0.103. The van der Waals surface area contributed by atoms with E-state index in [4.69, 9.17) is 16.3 Å². The van der Waals surface area contributed by atoms with E-state index in [1.54, 1.807) is 31.2 Å². The van der Waals surface area contributed by atoms with Gasteiger partial charge in [-0.3, -0.25) is 9.59 Å². The van der Waals surface area contributed by atoms with Crippen LogP contribution in [-0.2, 0) is 9.59 Å². The summed E-state index contributed by atoms with van der Waals surface area (Å²) in [4.78, 5) is 24.9. The molecular weight excluding hydrogens is 268 g/mol. The van der Waals surface area contributed by atoms with Gasteiger partial charge in [0.2, 0.25) is 5.91 Å². The lowest BCUT2D eigenvalue weighted by molar-refractivity contribution is -0.143. The number of halogens is 1. The minimum absolute atomic E-state index is 0.0784. The third-order valence-electron chi connectivity index (χ3n) is 2.84. The van der Waals surface area contributed by atoms with Crippen LogP contribution in [0.2, 0.25) is 5.02 Å². The predicted molar refractivity (Wildman–Crippen MR) is 71.1 cm³/mol. The molecular formula is C13H15ClN2O3. The lowest BCUT2D eigenvalue weighted by Gasteiger charge is -2.29. The average molecular weight is 283 g/mol. The third kappa shape index (κ3) is 3.38. The summed E-state index contributed by atoms with van der Waals surface area (Å²) in [7, 11) is 0. The summed E-state index contributed by atoms with van der Waals surface area (Å²) >= 11 is 5.97. The Kier molecular flexibility index (Phi) is 4.27. The lowest BCUT2D eigenvalue weighted by atomic mass is 10.2. The van der Waals surface area contributed by atoms with Crippen molar-refractivity contribution in [1.29, 1.82) is 0 Å². The summed E-state index contributed by atoms with van der Waals surface area (Å²) in [6.07, 6.45) is -0.675. The fourth-order valence-electron chi connectivity index (χ4n) is 1.86. The molecule has 1 aliphatic heterocycles. The van der Waals surface area contributed by atoms with E-state index in [-0.39, 0.29) is 18.4 Å². The molecule has 0 saturated carbocycles. The second kappa shape index (κ2) is 5.93. The first-order valence-electron chi connectivity index (χ1n) is 6.04. The van der Waals surface area contributed by atoms with E-state index in [2.05, 4.69) is 5.32 Å². The van der Waals surface area contributed by atoms with Gasteiger partial charge >= 0.3 is 0 Å². The average Bonchev–Trinajstić information content (AvgIpc) is 2.40. The molecule has 1 N–H and O–H groups in total. The Morgan fingerprint density at radius 3 is 2.89 bits per heavy atom. The Morgan fingerprint density at radius 1 is 1.47 bits per heavy atom. The molecule has 1 saturated heterocycles. The first-order valence-corrected chi connectivity index (χ1v) is 6.42. The number of nitrogens with zero attached hydrogens (tertiary/aromatic N) is 1. The highest BCUT2D eigenvalue weighted by Crippen LogP contribution is 2.24. The van der Waals surface area contributed by atoms with E-state index in [0.29, 0.717) is 23.9 Å². The van der Waals surface area contributed by atoms with Gasteiger partial charge in [-0.25, -0.2) is 0 Å². The van der Waals surface area contributed by atoms with Crippen LogP contribution in [0.4, 0.5) is 0 Å². The fourth-order valence-corrected chi connectivity index (χ4v) is 2.05. The Balaban J connectivity index is 1.99. The maximum atomic E-state index is 12.1. The molecule has 0 bridgehead atoms. The van der Waals surface area contributed by atoms with Crippen molar-refractivity contribution in [1.82, 2.24) is 10.2 Å². The Hall–Kier alpha value is -1.75. The molecule has 0 aromatic heterocycles. The van der Waals surface area contributed by atoms with E-state index in [9.17, 15) is 9.59 Å². The summed E-state index contributed by atoms with van der Waals surface area (Å²) < 4.78 is 5.54. The van der Waals surface area contributed by atoms with Crippen molar-refractivity contribution in [3.8, 4) is 5.75 Å². The molecule has 1 atom stereocenters. The maximum absolute atomic E-state index is 12.1. The van der Waals surface area contributed by atoms with Gasteiger partial charge in [-0.15, -0.1) is 0 Å². The zero-order valence-corrected chi connectivity index (χ0v) is 11.3. The van der Waals surface area contributed by atoms with E-state index < -0.39 is 6.10 Å². The van der Waals surface area contributed by atoms with Crippen LogP contribution in [0.1, 0.15) is 6.92 Å². The van der Waals surface area contributed by atoms with E-state index in [1.807, 2.05) is 0 Å². The number of benzene rings is 1. The number of carbonyl (C=O) groups is 2. The molecule has 19 heavy (non-hydrogen) atoms. The van der Waals surface area contributed by atoms with Crippen molar-refractivity contribution in [3.63, 3.8) is 0 Å². The topological polar surface area (TPSA) is 58.6 Å². The minimum Gasteiger partial charge on any atom is -0.479 e. The monoisotopic (exact) mass is 282 g/mol. The van der Waals surface area contributed by atoms with Gasteiger partial charge in [0, 0.05) is 13.1 Å². The number of rotatable bonds is 3. The van der Waals surface area contributed by atoms with Crippen LogP contribution in [0, 0.1) is 0 Å². The van der Waals surface area contributed by atoms with Crippen molar-refractivity contribution in [2.45, 2.75) is 13.0 Å². The number of nitrogens with one attached hydrogen (secondary N) is 1. The van der Waals surface area contributed by atoms with Gasteiger partial charge in [-0.2, -0.15) is 0 Å². The number of hydrogen-bond donors (Lipinski definition) is 1. The Labute approximate surface area is 116 Å². The van der Waals surface area contributed by atoms with Gasteiger partial charge in [0.15, 0.2) is 6.10 Å². The zero-order valence-electron chi connectivity index (χ0n) is 10.6. The smallest absolute Gasteiger partial charge is 0.263 e. The second-order valence-corrected chi connectivity index (χ2v) is 4.71. The lowest BCUT2D eigenvalue weighted by Crippen LogP contribution is -2.53. The van der Waals surface area contributed by atoms with Gasteiger partial charge in [-0.05, 0) is 19.1 Å². The van der Waals surface area contributed by atoms with E-state index in [1.165, 1.54) is 4.90 Å². The van der Waals surface area contributed by atoms with Crippen molar-refractivity contribution in [3.05, 3.63) is 29.3 Å².